The van der Waals surface area contributed by atoms with E-state index in [9.17, 15) is 0 Å². The van der Waals surface area contributed by atoms with Gasteiger partial charge in [-0.25, -0.2) is 4.98 Å². The van der Waals surface area contributed by atoms with E-state index in [2.05, 4.69) is 15.2 Å². The molecule has 0 saturated carbocycles. The first-order chi connectivity index (χ1) is 15.6. The molecule has 0 bridgehead atoms. The summed E-state index contributed by atoms with van der Waals surface area (Å²) in [6.07, 6.45) is 6.78. The smallest absolute Gasteiger partial charge is 0.215 e. The molecule has 0 aliphatic carbocycles. The zero-order chi connectivity index (χ0) is 22.0. The van der Waals surface area contributed by atoms with E-state index in [1.54, 1.807) is 30.9 Å². The van der Waals surface area contributed by atoms with Crippen molar-refractivity contribution in [1.82, 2.24) is 19.7 Å². The lowest BCUT2D eigenvalue weighted by Crippen LogP contribution is -2.34. The number of hydrogen-bond acceptors (Lipinski definition) is 5. The van der Waals surface area contributed by atoms with Gasteiger partial charge < -0.3 is 18.8 Å². The van der Waals surface area contributed by atoms with Crippen LogP contribution in [-0.2, 0) is 21.8 Å². The average Bonchev–Trinajstić information content (AvgIpc) is 3.56. The summed E-state index contributed by atoms with van der Waals surface area (Å²) in [6.45, 7) is 1.08. The summed E-state index contributed by atoms with van der Waals surface area (Å²) >= 11 is 12.6. The third-order valence-corrected chi connectivity index (χ3v) is 5.79. The van der Waals surface area contributed by atoms with Crippen LogP contribution in [0.3, 0.4) is 0 Å². The third kappa shape index (κ3) is 4.38. The SMILES string of the molecule is Clc1ccc([C@]2(Cn3ccnc3)OC[C@@H](COc3ccc(-c4cc[nH]n4)cc3)O2)c(Cl)c1. The second-order valence-electron chi connectivity index (χ2n) is 7.46. The van der Waals surface area contributed by atoms with E-state index >= 15 is 0 Å². The molecule has 1 aliphatic rings. The molecule has 2 aromatic heterocycles. The van der Waals surface area contributed by atoms with E-state index in [4.69, 9.17) is 37.4 Å². The first-order valence-electron chi connectivity index (χ1n) is 10.1. The molecule has 0 spiro atoms. The van der Waals surface area contributed by atoms with Crippen molar-refractivity contribution in [1.29, 1.82) is 0 Å². The Bertz CT molecular complexity index is 1170. The number of rotatable bonds is 7. The van der Waals surface area contributed by atoms with Gasteiger partial charge in [0, 0.05) is 34.7 Å². The van der Waals surface area contributed by atoms with Gasteiger partial charge in [-0.1, -0.05) is 29.3 Å². The summed E-state index contributed by atoms with van der Waals surface area (Å²) in [5.74, 6) is -0.329. The van der Waals surface area contributed by atoms with Crippen LogP contribution in [0.5, 0.6) is 5.75 Å². The fourth-order valence-electron chi connectivity index (χ4n) is 3.71. The molecule has 1 fully saturated rings. The molecule has 9 heteroatoms. The first kappa shape index (κ1) is 21.0. The summed E-state index contributed by atoms with van der Waals surface area (Å²) in [4.78, 5) is 4.11. The van der Waals surface area contributed by atoms with Gasteiger partial charge in [0.05, 0.1) is 30.2 Å². The van der Waals surface area contributed by atoms with Gasteiger partial charge in [0.2, 0.25) is 5.79 Å². The van der Waals surface area contributed by atoms with Gasteiger partial charge in [0.1, 0.15) is 18.5 Å². The third-order valence-electron chi connectivity index (χ3n) is 5.24. The number of ether oxygens (including phenoxy) is 3. The molecule has 5 rings (SSSR count). The maximum absolute atomic E-state index is 6.51. The van der Waals surface area contributed by atoms with Gasteiger partial charge in [0.15, 0.2) is 0 Å². The second-order valence-corrected chi connectivity index (χ2v) is 8.30. The lowest BCUT2D eigenvalue weighted by Gasteiger charge is -2.30. The van der Waals surface area contributed by atoms with Gasteiger partial charge in [-0.3, -0.25) is 5.10 Å². The molecule has 2 aromatic carbocycles. The van der Waals surface area contributed by atoms with Crippen molar-refractivity contribution in [3.05, 3.63) is 89.1 Å². The van der Waals surface area contributed by atoms with Gasteiger partial charge >= 0.3 is 0 Å². The average molecular weight is 471 g/mol. The largest absolute Gasteiger partial charge is 0.491 e. The molecule has 7 nitrogen and oxygen atoms in total. The number of imidazole rings is 1. The topological polar surface area (TPSA) is 74.2 Å². The predicted molar refractivity (Wildman–Crippen MR) is 121 cm³/mol. The van der Waals surface area contributed by atoms with Crippen molar-refractivity contribution in [2.24, 2.45) is 0 Å². The van der Waals surface area contributed by atoms with E-state index in [1.165, 1.54) is 0 Å². The highest BCUT2D eigenvalue weighted by Gasteiger charge is 2.45. The maximum atomic E-state index is 6.51. The Balaban J connectivity index is 1.30. The number of nitrogens with one attached hydrogen (secondary N) is 1. The molecule has 4 aromatic rings. The van der Waals surface area contributed by atoms with Crippen molar-refractivity contribution in [3.63, 3.8) is 0 Å². The van der Waals surface area contributed by atoms with Gasteiger partial charge in [0.25, 0.3) is 0 Å². The Hall–Kier alpha value is -2.84. The van der Waals surface area contributed by atoms with Gasteiger partial charge in [-0.05, 0) is 42.5 Å². The van der Waals surface area contributed by atoms with Crippen molar-refractivity contribution < 1.29 is 14.2 Å². The van der Waals surface area contributed by atoms with Gasteiger partial charge in [-0.15, -0.1) is 0 Å². The van der Waals surface area contributed by atoms with Crippen LogP contribution in [0.4, 0.5) is 0 Å². The van der Waals surface area contributed by atoms with Crippen molar-refractivity contribution >= 4 is 23.2 Å². The molecule has 3 heterocycles. The van der Waals surface area contributed by atoms with Crippen LogP contribution in [0.2, 0.25) is 10.0 Å². The molecular weight excluding hydrogens is 451 g/mol. The lowest BCUT2D eigenvalue weighted by molar-refractivity contribution is -0.189. The fourth-order valence-corrected chi connectivity index (χ4v) is 4.26. The number of hydrogen-bond donors (Lipinski definition) is 1. The zero-order valence-corrected chi connectivity index (χ0v) is 18.5. The zero-order valence-electron chi connectivity index (χ0n) is 16.9. The molecule has 164 valence electrons. The minimum Gasteiger partial charge on any atom is -0.491 e. The van der Waals surface area contributed by atoms with Crippen LogP contribution < -0.4 is 4.74 Å². The van der Waals surface area contributed by atoms with Gasteiger partial charge in [-0.2, -0.15) is 5.10 Å². The number of benzene rings is 2. The summed E-state index contributed by atoms with van der Waals surface area (Å²) < 4.78 is 20.5. The fraction of sp³-hybridized carbons (Fsp3) is 0.217. The van der Waals surface area contributed by atoms with E-state index in [0.29, 0.717) is 35.4 Å². The van der Waals surface area contributed by atoms with Crippen LogP contribution in [0.25, 0.3) is 11.3 Å². The standard InChI is InChI=1S/C23H20Cl2N4O3/c24-17-3-6-20(21(25)11-17)23(14-29-10-9-26-15-29)31-13-19(32-23)12-30-18-4-1-16(2-5-18)22-7-8-27-28-22/h1-11,15,19H,12-14H2,(H,27,28)/t19-,23-/m1/s1. The highest BCUT2D eigenvalue weighted by molar-refractivity contribution is 6.35. The maximum Gasteiger partial charge on any atom is 0.215 e. The number of nitrogens with zero attached hydrogens (tertiary/aromatic N) is 3. The van der Waals surface area contributed by atoms with Crippen LogP contribution in [0, 0.1) is 0 Å². The van der Waals surface area contributed by atoms with E-state index in [-0.39, 0.29) is 6.10 Å². The van der Waals surface area contributed by atoms with Crippen LogP contribution in [0.1, 0.15) is 5.56 Å². The molecule has 0 unspecified atom stereocenters. The molecule has 0 amide bonds. The molecule has 1 saturated heterocycles. The Morgan fingerprint density at radius 3 is 2.75 bits per heavy atom. The lowest BCUT2D eigenvalue weighted by atomic mass is 10.1. The predicted octanol–water partition coefficient (Wildman–Crippen LogP) is 4.93. The Labute approximate surface area is 194 Å². The minimum absolute atomic E-state index is 0.281. The van der Waals surface area contributed by atoms with Crippen molar-refractivity contribution in [2.75, 3.05) is 13.2 Å². The molecule has 1 N–H and O–H groups in total. The molecule has 1 aliphatic heterocycles. The normalized spacial score (nSPS) is 20.5. The molecular formula is C23H20Cl2N4O3. The molecule has 2 atom stereocenters. The number of halogens is 2. The number of aromatic nitrogens is 4. The minimum atomic E-state index is -1.07. The van der Waals surface area contributed by atoms with E-state index in [1.807, 2.05) is 47.2 Å². The summed E-state index contributed by atoms with van der Waals surface area (Å²) in [7, 11) is 0. The Morgan fingerprint density at radius 2 is 2.03 bits per heavy atom. The highest BCUT2D eigenvalue weighted by atomic mass is 35.5. The van der Waals surface area contributed by atoms with Crippen molar-refractivity contribution in [3.8, 4) is 17.0 Å². The summed E-state index contributed by atoms with van der Waals surface area (Å²) in [6, 6.07) is 15.0. The van der Waals surface area contributed by atoms with Crippen LogP contribution >= 0.6 is 23.2 Å². The Kier molecular flexibility index (Phi) is 5.89. The highest BCUT2D eigenvalue weighted by Crippen LogP contribution is 2.40. The van der Waals surface area contributed by atoms with Crippen molar-refractivity contribution in [2.45, 2.75) is 18.4 Å². The summed E-state index contributed by atoms with van der Waals surface area (Å²) in [5, 5.41) is 8.03. The quantitative estimate of drug-likeness (QED) is 0.414. The Morgan fingerprint density at radius 1 is 1.16 bits per heavy atom. The van der Waals surface area contributed by atoms with E-state index < -0.39 is 5.79 Å². The monoisotopic (exact) mass is 470 g/mol. The number of H-pyrrole nitrogens is 1. The summed E-state index contributed by atoms with van der Waals surface area (Å²) in [5.41, 5.74) is 2.60. The number of aromatic amines is 1. The molecule has 32 heavy (non-hydrogen) atoms. The second kappa shape index (κ2) is 8.96. The first-order valence-corrected chi connectivity index (χ1v) is 10.8. The van der Waals surface area contributed by atoms with E-state index in [0.717, 1.165) is 17.0 Å². The van der Waals surface area contributed by atoms with Crippen LogP contribution in [-0.4, -0.2) is 39.1 Å². The molecule has 0 radical (unpaired) electrons. The van der Waals surface area contributed by atoms with Crippen LogP contribution in [0.15, 0.2) is 73.4 Å².